The van der Waals surface area contributed by atoms with Gasteiger partial charge in [0.1, 0.15) is 0 Å². The first-order chi connectivity index (χ1) is 17.3. The number of hydrogen-bond acceptors (Lipinski definition) is 5. The monoisotopic (exact) mass is 486 g/mol. The van der Waals surface area contributed by atoms with Gasteiger partial charge in [-0.05, 0) is 47.2 Å². The molecule has 2 heterocycles. The molecule has 7 heteroatoms. The molecule has 2 fully saturated rings. The summed E-state index contributed by atoms with van der Waals surface area (Å²) < 4.78 is 0. The normalized spacial score (nSPS) is 26.4. The molecule has 2 aliphatic rings. The highest BCUT2D eigenvalue weighted by molar-refractivity contribution is 6.25. The van der Waals surface area contributed by atoms with Crippen LogP contribution in [0.15, 0.2) is 60.7 Å². The molecule has 36 heavy (non-hydrogen) atoms. The van der Waals surface area contributed by atoms with E-state index in [1.54, 1.807) is 0 Å². The number of amides is 2. The molecule has 186 valence electrons. The lowest BCUT2D eigenvalue weighted by Crippen LogP contribution is -2.62. The number of hydrogen-bond donors (Lipinski definition) is 3. The van der Waals surface area contributed by atoms with E-state index < -0.39 is 47.3 Å². The lowest BCUT2D eigenvalue weighted by Gasteiger charge is -2.34. The van der Waals surface area contributed by atoms with Crippen molar-refractivity contribution in [3.63, 3.8) is 0 Å². The molecule has 0 radical (unpaired) electrons. The number of aliphatic carboxylic acids is 1. The summed E-state index contributed by atoms with van der Waals surface area (Å²) >= 11 is 0. The molecule has 0 aliphatic carbocycles. The zero-order valence-electron chi connectivity index (χ0n) is 20.6. The van der Waals surface area contributed by atoms with Gasteiger partial charge in [-0.3, -0.25) is 19.7 Å². The molecule has 2 aliphatic heterocycles. The van der Waals surface area contributed by atoms with Crippen LogP contribution < -0.4 is 10.2 Å². The van der Waals surface area contributed by atoms with E-state index in [2.05, 4.69) is 5.32 Å². The molecule has 7 nitrogen and oxygen atoms in total. The third-order valence-electron chi connectivity index (χ3n) is 7.95. The summed E-state index contributed by atoms with van der Waals surface area (Å²) in [5.74, 6) is -4.61. The molecule has 5 atom stereocenters. The largest absolute Gasteiger partial charge is 0.480 e. The van der Waals surface area contributed by atoms with Gasteiger partial charge in [-0.25, -0.2) is 4.90 Å². The van der Waals surface area contributed by atoms with E-state index >= 15 is 0 Å². The van der Waals surface area contributed by atoms with Crippen molar-refractivity contribution in [3.8, 4) is 0 Å². The fraction of sp³-hybridized carbons (Fsp3) is 0.345. The Balaban J connectivity index is 1.75. The molecule has 3 aromatic carbocycles. The number of carbonyl (C=O) groups excluding carboxylic acids is 2. The van der Waals surface area contributed by atoms with Crippen LogP contribution in [-0.2, 0) is 27.2 Å². The number of carboxylic acids is 1. The molecule has 2 amide bonds. The molecule has 2 saturated heterocycles. The maximum atomic E-state index is 14.2. The van der Waals surface area contributed by atoms with E-state index in [0.717, 1.165) is 27.5 Å². The van der Waals surface area contributed by atoms with Crippen LogP contribution in [0.5, 0.6) is 0 Å². The number of aryl methyl sites for hydroxylation is 2. The second kappa shape index (κ2) is 8.84. The van der Waals surface area contributed by atoms with Crippen LogP contribution in [0, 0.1) is 11.8 Å². The van der Waals surface area contributed by atoms with Crippen molar-refractivity contribution in [1.82, 2.24) is 5.32 Å². The molecule has 5 rings (SSSR count). The molecule has 0 spiro atoms. The zero-order chi connectivity index (χ0) is 25.8. The quantitative estimate of drug-likeness (QED) is 0.460. The number of rotatable bonds is 6. The number of anilines is 1. The summed E-state index contributed by atoms with van der Waals surface area (Å²) in [7, 11) is 0. The first-order valence-corrected chi connectivity index (χ1v) is 12.4. The second-order valence-electron chi connectivity index (χ2n) is 9.69. The zero-order valence-corrected chi connectivity index (χ0v) is 20.6. The highest BCUT2D eigenvalue weighted by Crippen LogP contribution is 2.52. The standard InChI is InChI=1S/C29H30N2O5/c1-4-17-11-8-12-18(5-2)25(17)31-26(33)22-23(27(31)34)29(16(3)32,28(35)36)30-24(22)21-15-9-13-19-10-6-7-14-20(19)21/h6-16,22-24,30,32H,4-5H2,1-3H3,(H,35,36). The van der Waals surface area contributed by atoms with E-state index in [9.17, 15) is 24.6 Å². The van der Waals surface area contributed by atoms with Crippen LogP contribution in [0.2, 0.25) is 0 Å². The summed E-state index contributed by atoms with van der Waals surface area (Å²) in [6.45, 7) is 5.28. The van der Waals surface area contributed by atoms with Gasteiger partial charge < -0.3 is 10.2 Å². The Bertz CT molecular complexity index is 1360. The molecule has 3 aromatic rings. The molecular formula is C29H30N2O5. The molecule has 0 saturated carbocycles. The maximum absolute atomic E-state index is 14.2. The highest BCUT2D eigenvalue weighted by Gasteiger charge is 2.70. The minimum atomic E-state index is -2.01. The van der Waals surface area contributed by atoms with Gasteiger partial charge in [-0.15, -0.1) is 0 Å². The van der Waals surface area contributed by atoms with Gasteiger partial charge in [0.2, 0.25) is 11.8 Å². The molecule has 0 bridgehead atoms. The van der Waals surface area contributed by atoms with E-state index in [0.29, 0.717) is 18.5 Å². The third kappa shape index (κ3) is 3.23. The topological polar surface area (TPSA) is 107 Å². The fourth-order valence-corrected chi connectivity index (χ4v) is 6.21. The number of nitrogens with zero attached hydrogens (tertiary/aromatic N) is 1. The average Bonchev–Trinajstić information content (AvgIpc) is 3.37. The Labute approximate surface area is 209 Å². The molecule has 3 N–H and O–H groups in total. The van der Waals surface area contributed by atoms with Crippen molar-refractivity contribution in [3.05, 3.63) is 77.4 Å². The first-order valence-electron chi connectivity index (χ1n) is 12.4. The Morgan fingerprint density at radius 2 is 1.58 bits per heavy atom. The van der Waals surface area contributed by atoms with Gasteiger partial charge in [0.15, 0.2) is 5.54 Å². The Morgan fingerprint density at radius 1 is 0.972 bits per heavy atom. The third-order valence-corrected chi connectivity index (χ3v) is 7.95. The van der Waals surface area contributed by atoms with Crippen LogP contribution in [0.4, 0.5) is 5.69 Å². The number of carboxylic acid groups (broad SMARTS) is 1. The minimum absolute atomic E-state index is 0.435. The van der Waals surface area contributed by atoms with E-state index in [1.165, 1.54) is 11.8 Å². The summed E-state index contributed by atoms with van der Waals surface area (Å²) in [5.41, 5.74) is 0.969. The van der Waals surface area contributed by atoms with Crippen LogP contribution >= 0.6 is 0 Å². The SMILES string of the molecule is CCc1cccc(CC)c1N1C(=O)C2C(c3cccc4ccccc34)NC(C(=O)O)(C(C)O)C2C1=O. The van der Waals surface area contributed by atoms with Crippen molar-refractivity contribution in [2.75, 3.05) is 4.90 Å². The van der Waals surface area contributed by atoms with Crippen molar-refractivity contribution in [2.45, 2.75) is 51.3 Å². The van der Waals surface area contributed by atoms with Crippen molar-refractivity contribution in [1.29, 1.82) is 0 Å². The maximum Gasteiger partial charge on any atom is 0.327 e. The number of carbonyl (C=O) groups is 3. The fourth-order valence-electron chi connectivity index (χ4n) is 6.21. The predicted octanol–water partition coefficient (Wildman–Crippen LogP) is 3.62. The predicted molar refractivity (Wildman–Crippen MR) is 137 cm³/mol. The van der Waals surface area contributed by atoms with E-state index in [1.807, 2.05) is 74.5 Å². The van der Waals surface area contributed by atoms with Crippen molar-refractivity contribution >= 4 is 34.2 Å². The highest BCUT2D eigenvalue weighted by atomic mass is 16.4. The smallest absolute Gasteiger partial charge is 0.327 e. The van der Waals surface area contributed by atoms with E-state index in [-0.39, 0.29) is 0 Å². The van der Waals surface area contributed by atoms with Crippen LogP contribution in [0.3, 0.4) is 0 Å². The van der Waals surface area contributed by atoms with Crippen LogP contribution in [-0.4, -0.2) is 39.6 Å². The number of para-hydroxylation sites is 1. The van der Waals surface area contributed by atoms with Gasteiger partial charge in [-0.2, -0.15) is 0 Å². The summed E-state index contributed by atoms with van der Waals surface area (Å²) in [5, 5.41) is 26.1. The molecule has 0 aromatic heterocycles. The van der Waals surface area contributed by atoms with Crippen molar-refractivity contribution < 1.29 is 24.6 Å². The number of aliphatic hydroxyl groups excluding tert-OH is 1. The van der Waals surface area contributed by atoms with Crippen LogP contribution in [0.1, 0.15) is 43.5 Å². The van der Waals surface area contributed by atoms with Gasteiger partial charge in [-0.1, -0.05) is 74.5 Å². The van der Waals surface area contributed by atoms with Gasteiger partial charge in [0.05, 0.1) is 23.6 Å². The Kier molecular flexibility index (Phi) is 5.93. The van der Waals surface area contributed by atoms with Crippen molar-refractivity contribution in [2.24, 2.45) is 11.8 Å². The first kappa shape index (κ1) is 24.2. The van der Waals surface area contributed by atoms with Crippen LogP contribution in [0.25, 0.3) is 10.8 Å². The Hall–Kier alpha value is -3.55. The number of nitrogens with one attached hydrogen (secondary N) is 1. The molecular weight excluding hydrogens is 456 g/mol. The Morgan fingerprint density at radius 3 is 2.19 bits per heavy atom. The van der Waals surface area contributed by atoms with Gasteiger partial charge in [0, 0.05) is 6.04 Å². The second-order valence-corrected chi connectivity index (χ2v) is 9.69. The van der Waals surface area contributed by atoms with E-state index in [4.69, 9.17) is 0 Å². The number of benzene rings is 3. The van der Waals surface area contributed by atoms with Gasteiger partial charge >= 0.3 is 5.97 Å². The lowest BCUT2D eigenvalue weighted by molar-refractivity contribution is -0.154. The van der Waals surface area contributed by atoms with Gasteiger partial charge in [0.25, 0.3) is 0 Å². The minimum Gasteiger partial charge on any atom is -0.480 e. The summed E-state index contributed by atoms with van der Waals surface area (Å²) in [6.07, 6.45) is -0.200. The summed E-state index contributed by atoms with van der Waals surface area (Å²) in [4.78, 5) is 42.3. The number of imide groups is 1. The average molecular weight is 487 g/mol. The number of aliphatic hydroxyl groups is 1. The number of fused-ring (bicyclic) bond motifs is 2. The molecule has 5 unspecified atom stereocenters. The lowest BCUT2D eigenvalue weighted by atomic mass is 9.76. The summed E-state index contributed by atoms with van der Waals surface area (Å²) in [6, 6.07) is 18.2.